The Kier molecular flexibility index (Phi) is 4.54. The molecule has 0 atom stereocenters. The minimum Gasteiger partial charge on any atom is -0.476 e. The predicted octanol–water partition coefficient (Wildman–Crippen LogP) is 1.51. The molecule has 1 aromatic rings. The Balaban J connectivity index is 2.25. The molecule has 6 nitrogen and oxygen atoms in total. The van der Waals surface area contributed by atoms with E-state index in [0.717, 1.165) is 25.9 Å². The molecule has 20 heavy (non-hydrogen) atoms. The summed E-state index contributed by atoms with van der Waals surface area (Å²) in [7, 11) is 0. The summed E-state index contributed by atoms with van der Waals surface area (Å²) in [6, 6.07) is 0. The minimum atomic E-state index is -1.02. The van der Waals surface area contributed by atoms with Crippen LogP contribution in [0.15, 0.2) is 6.20 Å². The Morgan fingerprint density at radius 2 is 2.10 bits per heavy atom. The third-order valence-corrected chi connectivity index (χ3v) is 3.72. The van der Waals surface area contributed by atoms with Gasteiger partial charge in [0.15, 0.2) is 5.69 Å². The van der Waals surface area contributed by atoms with Gasteiger partial charge in [0.1, 0.15) is 5.82 Å². The van der Waals surface area contributed by atoms with E-state index in [1.54, 1.807) is 6.20 Å². The fraction of sp³-hybridized carbons (Fsp3) is 0.643. The van der Waals surface area contributed by atoms with Crippen LogP contribution in [0.5, 0.6) is 0 Å². The smallest absolute Gasteiger partial charge is 0.356 e. The number of carboxylic acids is 1. The van der Waals surface area contributed by atoms with E-state index in [1.165, 1.54) is 0 Å². The average molecular weight is 279 g/mol. The summed E-state index contributed by atoms with van der Waals surface area (Å²) in [6.07, 6.45) is 3.34. The first-order valence-electron chi connectivity index (χ1n) is 6.99. The Morgan fingerprint density at radius 1 is 1.45 bits per heavy atom. The first-order chi connectivity index (χ1) is 9.52. The van der Waals surface area contributed by atoms with Crippen molar-refractivity contribution >= 4 is 11.7 Å². The summed E-state index contributed by atoms with van der Waals surface area (Å²) in [4.78, 5) is 21.9. The quantitative estimate of drug-likeness (QED) is 0.868. The van der Waals surface area contributed by atoms with Crippen molar-refractivity contribution in [2.75, 3.05) is 24.6 Å². The molecule has 1 aliphatic heterocycles. The third-order valence-electron chi connectivity index (χ3n) is 3.72. The summed E-state index contributed by atoms with van der Waals surface area (Å²) in [5.74, 6) is -0.0531. The second kappa shape index (κ2) is 6.17. The highest BCUT2D eigenvalue weighted by molar-refractivity contribution is 5.92. The maximum absolute atomic E-state index is 11.4. The topological polar surface area (TPSA) is 86.5 Å². The van der Waals surface area contributed by atoms with Crippen LogP contribution in [0, 0.1) is 5.92 Å². The minimum absolute atomic E-state index is 0.0751. The van der Waals surface area contributed by atoms with Crippen molar-refractivity contribution in [2.45, 2.75) is 32.6 Å². The normalized spacial score (nSPS) is 16.7. The number of hydrogen-bond acceptors (Lipinski definition) is 5. The largest absolute Gasteiger partial charge is 0.476 e. The highest BCUT2D eigenvalue weighted by Crippen LogP contribution is 2.26. The monoisotopic (exact) mass is 279 g/mol. The lowest BCUT2D eigenvalue weighted by Crippen LogP contribution is -2.36. The first kappa shape index (κ1) is 14.7. The van der Waals surface area contributed by atoms with Gasteiger partial charge in [-0.3, -0.25) is 0 Å². The predicted molar refractivity (Wildman–Crippen MR) is 75.1 cm³/mol. The molecule has 1 aliphatic rings. The van der Waals surface area contributed by atoms with Crippen LogP contribution in [-0.2, 0) is 0 Å². The van der Waals surface area contributed by atoms with E-state index in [-0.39, 0.29) is 18.2 Å². The second-order valence-electron chi connectivity index (χ2n) is 5.53. The van der Waals surface area contributed by atoms with Crippen molar-refractivity contribution in [3.8, 4) is 0 Å². The van der Waals surface area contributed by atoms with Gasteiger partial charge < -0.3 is 15.1 Å². The molecule has 6 heteroatoms. The zero-order valence-electron chi connectivity index (χ0n) is 11.9. The van der Waals surface area contributed by atoms with E-state index >= 15 is 0 Å². The van der Waals surface area contributed by atoms with E-state index in [9.17, 15) is 9.90 Å². The van der Waals surface area contributed by atoms with E-state index < -0.39 is 5.97 Å². The van der Waals surface area contributed by atoms with Crippen LogP contribution >= 0.6 is 0 Å². The molecule has 1 aromatic heterocycles. The van der Waals surface area contributed by atoms with Crippen LogP contribution in [0.1, 0.15) is 48.9 Å². The SMILES string of the molecule is CC(C)c1ncc(N2CCC(CO)CC2)c(C(=O)O)n1. The second-order valence-corrected chi connectivity index (χ2v) is 5.53. The molecule has 0 saturated carbocycles. The molecule has 0 radical (unpaired) electrons. The summed E-state index contributed by atoms with van der Waals surface area (Å²) >= 11 is 0. The number of aromatic nitrogens is 2. The number of aliphatic hydroxyl groups excluding tert-OH is 1. The molecule has 110 valence electrons. The zero-order valence-corrected chi connectivity index (χ0v) is 11.9. The van der Waals surface area contributed by atoms with Crippen LogP contribution in [0.4, 0.5) is 5.69 Å². The van der Waals surface area contributed by atoms with Crippen LogP contribution in [-0.4, -0.2) is 45.8 Å². The Hall–Kier alpha value is -1.69. The first-order valence-corrected chi connectivity index (χ1v) is 6.99. The highest BCUT2D eigenvalue weighted by Gasteiger charge is 2.24. The van der Waals surface area contributed by atoms with Crippen LogP contribution < -0.4 is 4.90 Å². The molecule has 0 amide bonds. The molecule has 0 unspecified atom stereocenters. The number of aliphatic hydroxyl groups is 1. The molecular formula is C14H21N3O3. The number of carbonyl (C=O) groups is 1. The lowest BCUT2D eigenvalue weighted by molar-refractivity contribution is 0.0690. The van der Waals surface area contributed by atoms with Gasteiger partial charge in [0.25, 0.3) is 0 Å². The van der Waals surface area contributed by atoms with Crippen molar-refractivity contribution in [3.05, 3.63) is 17.7 Å². The number of nitrogens with zero attached hydrogens (tertiary/aromatic N) is 3. The van der Waals surface area contributed by atoms with Crippen molar-refractivity contribution in [3.63, 3.8) is 0 Å². The van der Waals surface area contributed by atoms with Gasteiger partial charge in [0.2, 0.25) is 0 Å². The maximum Gasteiger partial charge on any atom is 0.356 e. The molecule has 0 spiro atoms. The Morgan fingerprint density at radius 3 is 2.60 bits per heavy atom. The van der Waals surface area contributed by atoms with Gasteiger partial charge in [-0.05, 0) is 18.8 Å². The molecule has 0 bridgehead atoms. The molecular weight excluding hydrogens is 258 g/mol. The van der Waals surface area contributed by atoms with Crippen molar-refractivity contribution < 1.29 is 15.0 Å². The Bertz CT molecular complexity index is 483. The Labute approximate surface area is 118 Å². The summed E-state index contributed by atoms with van der Waals surface area (Å²) in [5, 5.41) is 18.5. The molecule has 2 N–H and O–H groups in total. The van der Waals surface area contributed by atoms with Crippen LogP contribution in [0.2, 0.25) is 0 Å². The zero-order chi connectivity index (χ0) is 14.7. The highest BCUT2D eigenvalue weighted by atomic mass is 16.4. The number of piperidine rings is 1. The third kappa shape index (κ3) is 3.07. The van der Waals surface area contributed by atoms with Crippen molar-refractivity contribution in [1.82, 2.24) is 9.97 Å². The molecule has 1 saturated heterocycles. The summed E-state index contributed by atoms with van der Waals surface area (Å²) in [5.41, 5.74) is 0.657. The van der Waals surface area contributed by atoms with E-state index in [4.69, 9.17) is 5.11 Å². The fourth-order valence-electron chi connectivity index (χ4n) is 2.41. The van der Waals surface area contributed by atoms with E-state index in [1.807, 2.05) is 18.7 Å². The van der Waals surface area contributed by atoms with Crippen molar-refractivity contribution in [2.24, 2.45) is 5.92 Å². The molecule has 0 aromatic carbocycles. The van der Waals surface area contributed by atoms with E-state index in [0.29, 0.717) is 17.4 Å². The van der Waals surface area contributed by atoms with Gasteiger partial charge in [-0.2, -0.15) is 0 Å². The van der Waals surface area contributed by atoms with Gasteiger partial charge in [0.05, 0.1) is 11.9 Å². The lowest BCUT2D eigenvalue weighted by atomic mass is 9.97. The van der Waals surface area contributed by atoms with Gasteiger partial charge >= 0.3 is 5.97 Å². The van der Waals surface area contributed by atoms with Gasteiger partial charge in [-0.15, -0.1) is 0 Å². The molecule has 0 aliphatic carbocycles. The van der Waals surface area contributed by atoms with Gasteiger partial charge in [-0.1, -0.05) is 13.8 Å². The number of aromatic carboxylic acids is 1. The van der Waals surface area contributed by atoms with Crippen LogP contribution in [0.3, 0.4) is 0 Å². The fourth-order valence-corrected chi connectivity index (χ4v) is 2.41. The number of carboxylic acid groups (broad SMARTS) is 1. The van der Waals surface area contributed by atoms with Crippen LogP contribution in [0.25, 0.3) is 0 Å². The number of rotatable bonds is 4. The molecule has 1 fully saturated rings. The maximum atomic E-state index is 11.4. The van der Waals surface area contributed by atoms with Crippen molar-refractivity contribution in [1.29, 1.82) is 0 Å². The van der Waals surface area contributed by atoms with Gasteiger partial charge in [0, 0.05) is 25.6 Å². The summed E-state index contributed by atoms with van der Waals surface area (Å²) in [6.45, 7) is 5.54. The standard InChI is InChI=1S/C14H21N3O3/c1-9(2)13-15-7-11(12(16-13)14(19)20)17-5-3-10(8-18)4-6-17/h7,9-10,18H,3-6,8H2,1-2H3,(H,19,20). The number of anilines is 1. The van der Waals surface area contributed by atoms with E-state index in [2.05, 4.69) is 9.97 Å². The average Bonchev–Trinajstić information content (AvgIpc) is 2.46. The molecule has 2 heterocycles. The summed E-state index contributed by atoms with van der Waals surface area (Å²) < 4.78 is 0. The molecule has 2 rings (SSSR count). The lowest BCUT2D eigenvalue weighted by Gasteiger charge is -2.33. The van der Waals surface area contributed by atoms with Gasteiger partial charge in [-0.25, -0.2) is 14.8 Å². The number of hydrogen-bond donors (Lipinski definition) is 2.